The third-order valence-corrected chi connectivity index (χ3v) is 6.02. The van der Waals surface area contributed by atoms with Gasteiger partial charge in [0.2, 0.25) is 16.0 Å². The second-order valence-electron chi connectivity index (χ2n) is 6.08. The lowest BCUT2D eigenvalue weighted by molar-refractivity contribution is 0.329. The van der Waals surface area contributed by atoms with Gasteiger partial charge in [0, 0.05) is 31.0 Å². The van der Waals surface area contributed by atoms with Crippen molar-refractivity contribution in [1.82, 2.24) is 14.3 Å². The molecule has 0 amide bonds. The van der Waals surface area contributed by atoms with E-state index < -0.39 is 10.0 Å². The van der Waals surface area contributed by atoms with Crippen LogP contribution in [0.1, 0.15) is 24.1 Å². The highest BCUT2D eigenvalue weighted by Crippen LogP contribution is 2.19. The molecule has 1 aliphatic rings. The molecule has 0 atom stereocenters. The van der Waals surface area contributed by atoms with E-state index in [-0.39, 0.29) is 11.8 Å². The molecule has 24 heavy (non-hydrogen) atoms. The quantitative estimate of drug-likeness (QED) is 0.898. The lowest BCUT2D eigenvalue weighted by Gasteiger charge is -2.31. The molecule has 0 saturated carbocycles. The van der Waals surface area contributed by atoms with Crippen LogP contribution in [-0.4, -0.2) is 41.8 Å². The number of benzene rings is 1. The van der Waals surface area contributed by atoms with Gasteiger partial charge in [-0.3, -0.25) is 0 Å². The highest BCUT2D eigenvalue weighted by molar-refractivity contribution is 7.88. The summed E-state index contributed by atoms with van der Waals surface area (Å²) in [6.45, 7) is 2.98. The maximum Gasteiger partial charge on any atom is 0.223 e. The van der Waals surface area contributed by atoms with Gasteiger partial charge in [0.05, 0.1) is 5.75 Å². The van der Waals surface area contributed by atoms with E-state index in [0.29, 0.717) is 19.0 Å². The van der Waals surface area contributed by atoms with Gasteiger partial charge in [0.15, 0.2) is 0 Å². The third-order valence-electron chi connectivity index (χ3n) is 4.17. The van der Waals surface area contributed by atoms with Crippen molar-refractivity contribution in [2.45, 2.75) is 31.6 Å². The Hall–Kier alpha value is -1.99. The molecule has 2 aromatic rings. The molecule has 0 spiro atoms. The van der Waals surface area contributed by atoms with Crippen LogP contribution in [0.2, 0.25) is 0 Å². The van der Waals surface area contributed by atoms with E-state index in [1.165, 1.54) is 0 Å². The predicted octanol–water partition coefficient (Wildman–Crippen LogP) is 2.19. The van der Waals surface area contributed by atoms with Gasteiger partial charge in [0.1, 0.15) is 0 Å². The number of anilines is 1. The summed E-state index contributed by atoms with van der Waals surface area (Å²) in [4.78, 5) is 8.54. The second-order valence-corrected chi connectivity index (χ2v) is 8.05. The molecule has 6 nitrogen and oxygen atoms in total. The minimum absolute atomic E-state index is 0.0624. The van der Waals surface area contributed by atoms with Gasteiger partial charge in [-0.15, -0.1) is 0 Å². The molecular weight excluding hydrogens is 324 g/mol. The molecule has 0 bridgehead atoms. The van der Waals surface area contributed by atoms with Crippen molar-refractivity contribution in [3.8, 4) is 0 Å². The molecule has 0 radical (unpaired) electrons. The zero-order chi connectivity index (χ0) is 17.0. The van der Waals surface area contributed by atoms with Crippen LogP contribution in [0.15, 0.2) is 42.6 Å². The molecule has 7 heteroatoms. The van der Waals surface area contributed by atoms with Gasteiger partial charge in [-0.25, -0.2) is 22.7 Å². The van der Waals surface area contributed by atoms with Gasteiger partial charge in [-0.1, -0.05) is 30.3 Å². The van der Waals surface area contributed by atoms with Gasteiger partial charge >= 0.3 is 0 Å². The van der Waals surface area contributed by atoms with Gasteiger partial charge in [0.25, 0.3) is 0 Å². The first kappa shape index (κ1) is 16.9. The highest BCUT2D eigenvalue weighted by Gasteiger charge is 2.28. The Morgan fingerprint density at radius 2 is 1.88 bits per heavy atom. The number of nitrogens with one attached hydrogen (secondary N) is 1. The summed E-state index contributed by atoms with van der Waals surface area (Å²) < 4.78 is 26.7. The van der Waals surface area contributed by atoms with Crippen molar-refractivity contribution in [2.75, 3.05) is 18.4 Å². The van der Waals surface area contributed by atoms with Gasteiger partial charge in [-0.2, -0.15) is 0 Å². The number of aromatic nitrogens is 2. The Labute approximate surface area is 143 Å². The molecule has 1 N–H and O–H groups in total. The van der Waals surface area contributed by atoms with Gasteiger partial charge in [-0.05, 0) is 31.4 Å². The summed E-state index contributed by atoms with van der Waals surface area (Å²) in [6.07, 6.45) is 3.24. The van der Waals surface area contributed by atoms with Crippen LogP contribution >= 0.6 is 0 Å². The van der Waals surface area contributed by atoms with Crippen molar-refractivity contribution >= 4 is 16.0 Å². The van der Waals surface area contributed by atoms with E-state index in [1.807, 2.05) is 43.3 Å². The highest BCUT2D eigenvalue weighted by atomic mass is 32.2. The largest absolute Gasteiger partial charge is 0.351 e. The predicted molar refractivity (Wildman–Crippen MR) is 94.1 cm³/mol. The van der Waals surface area contributed by atoms with E-state index in [1.54, 1.807) is 10.5 Å². The molecule has 3 rings (SSSR count). The van der Waals surface area contributed by atoms with Crippen molar-refractivity contribution in [1.29, 1.82) is 0 Å². The summed E-state index contributed by atoms with van der Waals surface area (Å²) in [6, 6.07) is 11.4. The van der Waals surface area contributed by atoms with Crippen LogP contribution in [0, 0.1) is 6.92 Å². The first-order chi connectivity index (χ1) is 11.5. The van der Waals surface area contributed by atoms with Crippen LogP contribution in [0.3, 0.4) is 0 Å². The van der Waals surface area contributed by atoms with Crippen LogP contribution < -0.4 is 5.32 Å². The number of hydrogen-bond acceptors (Lipinski definition) is 5. The van der Waals surface area contributed by atoms with Crippen molar-refractivity contribution in [2.24, 2.45) is 0 Å². The van der Waals surface area contributed by atoms with E-state index in [2.05, 4.69) is 15.3 Å². The zero-order valence-electron chi connectivity index (χ0n) is 13.7. The first-order valence-corrected chi connectivity index (χ1v) is 9.72. The summed E-state index contributed by atoms with van der Waals surface area (Å²) >= 11 is 0. The fourth-order valence-electron chi connectivity index (χ4n) is 2.86. The Bertz CT molecular complexity index is 772. The van der Waals surface area contributed by atoms with Crippen LogP contribution in [0.25, 0.3) is 0 Å². The van der Waals surface area contributed by atoms with Crippen LogP contribution in [0.5, 0.6) is 0 Å². The number of sulfonamides is 1. The molecule has 1 aromatic carbocycles. The molecule has 0 aliphatic carbocycles. The van der Waals surface area contributed by atoms with E-state index in [0.717, 1.165) is 24.1 Å². The Morgan fingerprint density at radius 3 is 2.54 bits per heavy atom. The summed E-state index contributed by atoms with van der Waals surface area (Å²) in [5, 5.41) is 3.30. The third kappa shape index (κ3) is 4.30. The normalized spacial score (nSPS) is 16.9. The Kier molecular flexibility index (Phi) is 5.11. The number of hydrogen-bond donors (Lipinski definition) is 1. The number of nitrogens with zero attached hydrogens (tertiary/aromatic N) is 3. The van der Waals surface area contributed by atoms with Crippen LogP contribution in [0.4, 0.5) is 5.95 Å². The number of piperidine rings is 1. The summed E-state index contributed by atoms with van der Waals surface area (Å²) in [7, 11) is -3.27. The van der Waals surface area contributed by atoms with E-state index in [9.17, 15) is 8.42 Å². The SMILES string of the molecule is Cc1ccnc(NC2CCN(S(=O)(=O)Cc3ccccc3)CC2)n1. The molecule has 1 aliphatic heterocycles. The molecule has 1 fully saturated rings. The average Bonchev–Trinajstić information content (AvgIpc) is 2.56. The summed E-state index contributed by atoms with van der Waals surface area (Å²) in [5.41, 5.74) is 1.74. The van der Waals surface area contributed by atoms with E-state index >= 15 is 0 Å². The fraction of sp³-hybridized carbons (Fsp3) is 0.412. The smallest absolute Gasteiger partial charge is 0.223 e. The Morgan fingerprint density at radius 1 is 1.17 bits per heavy atom. The molecule has 0 unspecified atom stereocenters. The second kappa shape index (κ2) is 7.27. The Balaban J connectivity index is 1.56. The maximum atomic E-state index is 12.5. The first-order valence-electron chi connectivity index (χ1n) is 8.11. The maximum absolute atomic E-state index is 12.5. The molecule has 128 valence electrons. The minimum Gasteiger partial charge on any atom is -0.351 e. The number of aryl methyl sites for hydroxylation is 1. The lowest BCUT2D eigenvalue weighted by Crippen LogP contribution is -2.43. The lowest BCUT2D eigenvalue weighted by atomic mass is 10.1. The number of rotatable bonds is 5. The summed E-state index contributed by atoms with van der Waals surface area (Å²) in [5.74, 6) is 0.674. The topological polar surface area (TPSA) is 75.2 Å². The average molecular weight is 346 g/mol. The molecular formula is C17H22N4O2S. The standard InChI is InChI=1S/C17H22N4O2S/c1-14-7-10-18-17(19-14)20-16-8-11-21(12-9-16)24(22,23)13-15-5-3-2-4-6-15/h2-7,10,16H,8-9,11-13H2,1H3,(H,18,19,20). The molecule has 1 saturated heterocycles. The fourth-order valence-corrected chi connectivity index (χ4v) is 4.42. The zero-order valence-corrected chi connectivity index (χ0v) is 14.5. The van der Waals surface area contributed by atoms with Crippen molar-refractivity contribution in [3.63, 3.8) is 0 Å². The van der Waals surface area contributed by atoms with Crippen molar-refractivity contribution in [3.05, 3.63) is 53.9 Å². The van der Waals surface area contributed by atoms with Crippen LogP contribution in [-0.2, 0) is 15.8 Å². The molecule has 1 aromatic heterocycles. The molecule has 2 heterocycles. The van der Waals surface area contributed by atoms with Crippen molar-refractivity contribution < 1.29 is 8.42 Å². The monoisotopic (exact) mass is 346 g/mol. The van der Waals surface area contributed by atoms with E-state index in [4.69, 9.17) is 0 Å². The minimum atomic E-state index is -3.27. The van der Waals surface area contributed by atoms with Gasteiger partial charge < -0.3 is 5.32 Å².